The maximum Gasteiger partial charge on any atom is 0.490 e. The number of aliphatic carboxylic acids is 1. The van der Waals surface area contributed by atoms with E-state index in [1.165, 1.54) is 19.3 Å². The highest BCUT2D eigenvalue weighted by Crippen LogP contribution is 2.27. The van der Waals surface area contributed by atoms with Crippen LogP contribution in [0.25, 0.3) is 0 Å². The number of halogens is 5. The lowest BCUT2D eigenvalue weighted by molar-refractivity contribution is -0.192. The van der Waals surface area contributed by atoms with Crippen molar-refractivity contribution in [3.8, 4) is 0 Å². The van der Waals surface area contributed by atoms with Gasteiger partial charge >= 0.3 is 12.1 Å². The summed E-state index contributed by atoms with van der Waals surface area (Å²) >= 11 is 11.9. The summed E-state index contributed by atoms with van der Waals surface area (Å²) in [4.78, 5) is 21.1. The number of carboxylic acid groups (broad SMARTS) is 1. The predicted octanol–water partition coefficient (Wildman–Crippen LogP) is 5.38. The number of amides is 1. The highest BCUT2D eigenvalue weighted by Gasteiger charge is 2.38. The van der Waals surface area contributed by atoms with Crippen LogP contribution in [0.2, 0.25) is 10.0 Å². The molecule has 0 bridgehead atoms. The highest BCUT2D eigenvalue weighted by atomic mass is 35.5. The number of hydrogen-bond acceptors (Lipinski definition) is 2. The van der Waals surface area contributed by atoms with Crippen molar-refractivity contribution in [1.82, 2.24) is 5.32 Å². The molecule has 0 aromatic heterocycles. The molecule has 1 atom stereocenters. The Hall–Kier alpha value is -1.47. The zero-order valence-electron chi connectivity index (χ0n) is 14.1. The van der Waals surface area contributed by atoms with E-state index in [0.29, 0.717) is 10.0 Å². The van der Waals surface area contributed by atoms with Crippen LogP contribution in [0.1, 0.15) is 50.6 Å². The molecule has 1 fully saturated rings. The summed E-state index contributed by atoms with van der Waals surface area (Å²) in [5.41, 5.74) is 0.985. The molecule has 2 rings (SSSR count). The Morgan fingerprint density at radius 2 is 1.69 bits per heavy atom. The molecule has 0 radical (unpaired) electrons. The van der Waals surface area contributed by atoms with Crippen molar-refractivity contribution in [2.75, 3.05) is 0 Å². The van der Waals surface area contributed by atoms with E-state index in [4.69, 9.17) is 33.1 Å². The van der Waals surface area contributed by atoms with Crippen LogP contribution in [-0.4, -0.2) is 23.2 Å². The van der Waals surface area contributed by atoms with Gasteiger partial charge in [0.1, 0.15) is 0 Å². The van der Waals surface area contributed by atoms with Crippen molar-refractivity contribution in [2.24, 2.45) is 5.92 Å². The smallest absolute Gasteiger partial charge is 0.475 e. The van der Waals surface area contributed by atoms with Gasteiger partial charge in [-0.25, -0.2) is 4.79 Å². The number of alkyl halides is 3. The lowest BCUT2D eigenvalue weighted by Crippen LogP contribution is -2.33. The summed E-state index contributed by atoms with van der Waals surface area (Å²) in [6.07, 6.45) is 0.532. The second-order valence-electron chi connectivity index (χ2n) is 6.04. The second-order valence-corrected chi connectivity index (χ2v) is 6.86. The third-order valence-electron chi connectivity index (χ3n) is 4.02. The van der Waals surface area contributed by atoms with E-state index in [0.717, 1.165) is 18.4 Å². The Morgan fingerprint density at radius 3 is 2.15 bits per heavy atom. The van der Waals surface area contributed by atoms with Gasteiger partial charge in [0.2, 0.25) is 5.91 Å². The minimum Gasteiger partial charge on any atom is -0.475 e. The molecule has 0 saturated heterocycles. The lowest BCUT2D eigenvalue weighted by atomic mass is 9.88. The molecule has 2 N–H and O–H groups in total. The number of hydrogen-bond donors (Lipinski definition) is 2. The van der Waals surface area contributed by atoms with Crippen LogP contribution >= 0.6 is 23.2 Å². The molecule has 1 aromatic rings. The summed E-state index contributed by atoms with van der Waals surface area (Å²) in [5.74, 6) is -2.41. The van der Waals surface area contributed by atoms with Crippen LogP contribution in [-0.2, 0) is 9.59 Å². The van der Waals surface area contributed by atoms with Gasteiger partial charge in [-0.2, -0.15) is 13.2 Å². The van der Waals surface area contributed by atoms with Crippen LogP contribution in [0.5, 0.6) is 0 Å². The number of carbonyl (C=O) groups is 2. The van der Waals surface area contributed by atoms with Crippen molar-refractivity contribution in [3.63, 3.8) is 0 Å². The van der Waals surface area contributed by atoms with Crippen LogP contribution in [0.15, 0.2) is 18.2 Å². The van der Waals surface area contributed by atoms with E-state index in [9.17, 15) is 18.0 Å². The summed E-state index contributed by atoms with van der Waals surface area (Å²) in [6.45, 7) is 1.97. The molecular weight excluding hydrogens is 394 g/mol. The first-order valence-electron chi connectivity index (χ1n) is 8.07. The molecule has 146 valence electrons. The second kappa shape index (κ2) is 10.0. The molecule has 1 aliphatic rings. The number of benzene rings is 1. The number of carbonyl (C=O) groups excluding carboxylic acids is 1. The number of carboxylic acids is 1. The minimum atomic E-state index is -5.08. The summed E-state index contributed by atoms with van der Waals surface area (Å²) < 4.78 is 31.7. The minimum absolute atomic E-state index is 0.0378. The molecule has 0 unspecified atom stereocenters. The van der Waals surface area contributed by atoms with Gasteiger partial charge in [0.05, 0.1) is 16.1 Å². The fourth-order valence-electron chi connectivity index (χ4n) is 2.56. The van der Waals surface area contributed by atoms with Crippen LogP contribution < -0.4 is 5.32 Å². The van der Waals surface area contributed by atoms with E-state index in [2.05, 4.69) is 5.32 Å². The quantitative estimate of drug-likeness (QED) is 0.698. The summed E-state index contributed by atoms with van der Waals surface area (Å²) in [5, 5.41) is 11.3. The van der Waals surface area contributed by atoms with Crippen LogP contribution in [0.3, 0.4) is 0 Å². The Balaban J connectivity index is 0.000000412. The standard InChI is InChI=1S/C15H19Cl2NO.C2HF3O2/c1-10(12-7-8-13(16)14(17)9-12)18-15(19)11-5-3-2-4-6-11;3-2(4,5)1(6)7/h7-11H,2-6H2,1H3,(H,18,19);(H,6,7)/t10-;/m1./s1. The first-order chi connectivity index (χ1) is 12.0. The van der Waals surface area contributed by atoms with E-state index < -0.39 is 12.1 Å². The van der Waals surface area contributed by atoms with Gasteiger partial charge in [0.15, 0.2) is 0 Å². The Bertz CT molecular complexity index is 632. The Kier molecular flexibility index (Phi) is 8.70. The van der Waals surface area contributed by atoms with E-state index >= 15 is 0 Å². The van der Waals surface area contributed by atoms with Gasteiger partial charge in [-0.1, -0.05) is 48.5 Å². The molecule has 0 aliphatic heterocycles. The first-order valence-corrected chi connectivity index (χ1v) is 8.83. The normalized spacial score (nSPS) is 16.2. The molecule has 0 heterocycles. The maximum atomic E-state index is 12.2. The molecule has 9 heteroatoms. The fraction of sp³-hybridized carbons (Fsp3) is 0.529. The van der Waals surface area contributed by atoms with E-state index in [-0.39, 0.29) is 17.9 Å². The third-order valence-corrected chi connectivity index (χ3v) is 4.76. The third kappa shape index (κ3) is 7.41. The van der Waals surface area contributed by atoms with Crippen molar-refractivity contribution >= 4 is 35.1 Å². The van der Waals surface area contributed by atoms with Gasteiger partial charge < -0.3 is 10.4 Å². The zero-order chi connectivity index (χ0) is 19.9. The highest BCUT2D eigenvalue weighted by molar-refractivity contribution is 6.42. The molecular formula is C17H20Cl2F3NO3. The predicted molar refractivity (Wildman–Crippen MR) is 93.3 cm³/mol. The molecule has 26 heavy (non-hydrogen) atoms. The van der Waals surface area contributed by atoms with Gasteiger partial charge in [0.25, 0.3) is 0 Å². The van der Waals surface area contributed by atoms with Crippen LogP contribution in [0.4, 0.5) is 13.2 Å². The van der Waals surface area contributed by atoms with Gasteiger partial charge in [0, 0.05) is 5.92 Å². The lowest BCUT2D eigenvalue weighted by Gasteiger charge is -2.23. The summed E-state index contributed by atoms with van der Waals surface area (Å²) in [7, 11) is 0. The largest absolute Gasteiger partial charge is 0.490 e. The zero-order valence-corrected chi connectivity index (χ0v) is 15.6. The van der Waals surface area contributed by atoms with Gasteiger partial charge in [-0.05, 0) is 37.5 Å². The van der Waals surface area contributed by atoms with Crippen molar-refractivity contribution < 1.29 is 27.9 Å². The Morgan fingerprint density at radius 1 is 1.15 bits per heavy atom. The average molecular weight is 414 g/mol. The monoisotopic (exact) mass is 413 g/mol. The van der Waals surface area contributed by atoms with Crippen molar-refractivity contribution in [2.45, 2.75) is 51.2 Å². The molecule has 1 aromatic carbocycles. The SMILES string of the molecule is C[C@@H](NC(=O)C1CCCCC1)c1ccc(Cl)c(Cl)c1.O=C(O)C(F)(F)F. The van der Waals surface area contributed by atoms with Crippen molar-refractivity contribution in [1.29, 1.82) is 0 Å². The van der Waals surface area contributed by atoms with Crippen LogP contribution in [0, 0.1) is 5.92 Å². The van der Waals surface area contributed by atoms with Gasteiger partial charge in [-0.3, -0.25) is 4.79 Å². The topological polar surface area (TPSA) is 66.4 Å². The Labute approximate surface area is 159 Å². The molecule has 1 aliphatic carbocycles. The average Bonchev–Trinajstić information content (AvgIpc) is 2.57. The fourth-order valence-corrected chi connectivity index (χ4v) is 2.87. The number of rotatable bonds is 3. The van der Waals surface area contributed by atoms with E-state index in [1.54, 1.807) is 6.07 Å². The first kappa shape index (κ1) is 22.6. The van der Waals surface area contributed by atoms with Gasteiger partial charge in [-0.15, -0.1) is 0 Å². The van der Waals surface area contributed by atoms with E-state index in [1.807, 2.05) is 19.1 Å². The maximum absolute atomic E-state index is 12.2. The molecule has 0 spiro atoms. The van der Waals surface area contributed by atoms with Crippen molar-refractivity contribution in [3.05, 3.63) is 33.8 Å². The number of nitrogens with one attached hydrogen (secondary N) is 1. The summed E-state index contributed by atoms with van der Waals surface area (Å²) in [6, 6.07) is 5.45. The molecule has 1 saturated carbocycles. The molecule has 1 amide bonds. The molecule has 4 nitrogen and oxygen atoms in total.